The smallest absolute Gasteiger partial charge is 0.132 e. The lowest BCUT2D eigenvalue weighted by molar-refractivity contribution is 0.154. The number of halogens is 2. The summed E-state index contributed by atoms with van der Waals surface area (Å²) in [6, 6.07) is 10.7. The van der Waals surface area contributed by atoms with E-state index in [-0.39, 0.29) is 18.0 Å². The van der Waals surface area contributed by atoms with Crippen LogP contribution in [0.3, 0.4) is 0 Å². The van der Waals surface area contributed by atoms with Crippen molar-refractivity contribution in [3.63, 3.8) is 0 Å². The van der Waals surface area contributed by atoms with Crippen LogP contribution in [0.15, 0.2) is 36.4 Å². The van der Waals surface area contributed by atoms with Gasteiger partial charge in [0, 0.05) is 23.7 Å². The standard InChI is InChI=1S/C19H19ClFNO/c1-11(19-15(20)4-3-5-16(19)21)8-13-6-7-14-10-18(23)12(2)22-17(14)9-13/h3-9,12,18,22-23H,10H2,1-2H3/b11-8+/t12-,18-/m1/s1. The van der Waals surface area contributed by atoms with Crippen molar-refractivity contribution in [1.29, 1.82) is 0 Å². The van der Waals surface area contributed by atoms with Crippen molar-refractivity contribution >= 4 is 28.9 Å². The first-order chi connectivity index (χ1) is 11.0. The van der Waals surface area contributed by atoms with Gasteiger partial charge < -0.3 is 10.4 Å². The lowest BCUT2D eigenvalue weighted by Crippen LogP contribution is -2.36. The molecule has 0 aromatic heterocycles. The normalized spacial score (nSPS) is 20.8. The topological polar surface area (TPSA) is 32.3 Å². The summed E-state index contributed by atoms with van der Waals surface area (Å²) in [4.78, 5) is 0. The second-order valence-electron chi connectivity index (χ2n) is 6.05. The van der Waals surface area contributed by atoms with Gasteiger partial charge in [-0.15, -0.1) is 0 Å². The Balaban J connectivity index is 1.96. The molecule has 0 spiro atoms. The Labute approximate surface area is 140 Å². The quantitative estimate of drug-likeness (QED) is 0.778. The van der Waals surface area contributed by atoms with E-state index < -0.39 is 0 Å². The first kappa shape index (κ1) is 16.0. The van der Waals surface area contributed by atoms with Gasteiger partial charge in [0.2, 0.25) is 0 Å². The summed E-state index contributed by atoms with van der Waals surface area (Å²) in [5, 5.41) is 13.6. The number of hydrogen-bond acceptors (Lipinski definition) is 2. The largest absolute Gasteiger partial charge is 0.391 e. The molecule has 2 nitrogen and oxygen atoms in total. The summed E-state index contributed by atoms with van der Waals surface area (Å²) in [7, 11) is 0. The highest BCUT2D eigenvalue weighted by Gasteiger charge is 2.22. The van der Waals surface area contributed by atoms with Gasteiger partial charge in [0.15, 0.2) is 0 Å². The van der Waals surface area contributed by atoms with E-state index in [9.17, 15) is 9.50 Å². The Hall–Kier alpha value is -1.84. The Kier molecular flexibility index (Phi) is 4.42. The minimum absolute atomic E-state index is 0.0174. The number of rotatable bonds is 2. The molecule has 4 heteroatoms. The molecule has 1 aliphatic rings. The summed E-state index contributed by atoms with van der Waals surface area (Å²) in [5.74, 6) is -0.320. The van der Waals surface area contributed by atoms with Crippen molar-refractivity contribution in [3.05, 3.63) is 63.9 Å². The molecule has 2 aromatic rings. The van der Waals surface area contributed by atoms with Crippen LogP contribution in [-0.4, -0.2) is 17.3 Å². The Morgan fingerprint density at radius 3 is 2.87 bits per heavy atom. The van der Waals surface area contributed by atoms with Gasteiger partial charge in [0.25, 0.3) is 0 Å². The first-order valence-electron chi connectivity index (χ1n) is 7.66. The van der Waals surface area contributed by atoms with E-state index >= 15 is 0 Å². The van der Waals surface area contributed by atoms with Crippen LogP contribution in [0, 0.1) is 5.82 Å². The van der Waals surface area contributed by atoms with Crippen LogP contribution in [0.1, 0.15) is 30.5 Å². The fourth-order valence-corrected chi connectivity index (χ4v) is 3.25. The van der Waals surface area contributed by atoms with Gasteiger partial charge in [-0.1, -0.05) is 35.9 Å². The van der Waals surface area contributed by atoms with E-state index in [1.165, 1.54) is 6.07 Å². The fraction of sp³-hybridized carbons (Fsp3) is 0.263. The highest BCUT2D eigenvalue weighted by atomic mass is 35.5. The molecule has 1 aliphatic heterocycles. The van der Waals surface area contributed by atoms with Crippen molar-refractivity contribution in [3.8, 4) is 0 Å². The molecular weight excluding hydrogens is 313 g/mol. The van der Waals surface area contributed by atoms with E-state index in [1.807, 2.05) is 38.1 Å². The van der Waals surface area contributed by atoms with Crippen LogP contribution in [0.4, 0.5) is 10.1 Å². The molecule has 2 aromatic carbocycles. The minimum Gasteiger partial charge on any atom is -0.391 e. The van der Waals surface area contributed by atoms with Gasteiger partial charge in [0.1, 0.15) is 5.82 Å². The molecule has 0 fully saturated rings. The lowest BCUT2D eigenvalue weighted by atomic mass is 9.94. The zero-order valence-electron chi connectivity index (χ0n) is 13.1. The molecular formula is C19H19ClFNO. The molecule has 0 amide bonds. The van der Waals surface area contributed by atoms with Gasteiger partial charge >= 0.3 is 0 Å². The second kappa shape index (κ2) is 6.34. The zero-order valence-corrected chi connectivity index (χ0v) is 13.9. The first-order valence-corrected chi connectivity index (χ1v) is 8.03. The molecule has 0 unspecified atom stereocenters. The maximum Gasteiger partial charge on any atom is 0.132 e. The van der Waals surface area contributed by atoms with E-state index in [4.69, 9.17) is 11.6 Å². The van der Waals surface area contributed by atoms with Crippen LogP contribution >= 0.6 is 11.6 Å². The third kappa shape index (κ3) is 3.26. The third-order valence-corrected chi connectivity index (χ3v) is 4.58. The summed E-state index contributed by atoms with van der Waals surface area (Å²) >= 11 is 6.12. The number of hydrogen-bond donors (Lipinski definition) is 2. The van der Waals surface area contributed by atoms with Crippen molar-refractivity contribution in [2.45, 2.75) is 32.4 Å². The Bertz CT molecular complexity index is 752. The molecule has 0 saturated heterocycles. The van der Waals surface area contributed by atoms with Gasteiger partial charge in [-0.25, -0.2) is 4.39 Å². The predicted octanol–water partition coefficient (Wildman–Crippen LogP) is 4.76. The predicted molar refractivity (Wildman–Crippen MR) is 94.2 cm³/mol. The fourth-order valence-electron chi connectivity index (χ4n) is 2.94. The number of benzene rings is 2. The Morgan fingerprint density at radius 2 is 2.13 bits per heavy atom. The third-order valence-electron chi connectivity index (χ3n) is 4.26. The molecule has 0 bridgehead atoms. The molecule has 120 valence electrons. The summed E-state index contributed by atoms with van der Waals surface area (Å²) in [5.41, 5.74) is 4.29. The number of aliphatic hydroxyl groups is 1. The number of nitrogens with one attached hydrogen (secondary N) is 1. The van der Waals surface area contributed by atoms with E-state index in [1.54, 1.807) is 12.1 Å². The van der Waals surface area contributed by atoms with Crippen molar-refractivity contribution in [2.24, 2.45) is 0 Å². The molecule has 0 aliphatic carbocycles. The van der Waals surface area contributed by atoms with Crippen molar-refractivity contribution in [1.82, 2.24) is 0 Å². The van der Waals surface area contributed by atoms with Crippen LogP contribution in [0.5, 0.6) is 0 Å². The number of aliphatic hydroxyl groups excluding tert-OH is 1. The van der Waals surface area contributed by atoms with Crippen molar-refractivity contribution < 1.29 is 9.50 Å². The molecule has 1 heterocycles. The number of anilines is 1. The average molecular weight is 332 g/mol. The highest BCUT2D eigenvalue weighted by Crippen LogP contribution is 2.30. The monoisotopic (exact) mass is 331 g/mol. The molecule has 23 heavy (non-hydrogen) atoms. The van der Waals surface area contributed by atoms with Gasteiger partial charge in [-0.3, -0.25) is 0 Å². The molecule has 2 N–H and O–H groups in total. The maximum atomic E-state index is 14.0. The second-order valence-corrected chi connectivity index (χ2v) is 6.45. The molecule has 0 radical (unpaired) electrons. The van der Waals surface area contributed by atoms with Crippen LogP contribution in [0.25, 0.3) is 11.6 Å². The number of fused-ring (bicyclic) bond motifs is 1. The van der Waals surface area contributed by atoms with E-state index in [0.29, 0.717) is 17.0 Å². The van der Waals surface area contributed by atoms with Gasteiger partial charge in [-0.2, -0.15) is 0 Å². The van der Waals surface area contributed by atoms with Crippen molar-refractivity contribution in [2.75, 3.05) is 5.32 Å². The average Bonchev–Trinajstić information content (AvgIpc) is 2.48. The zero-order chi connectivity index (χ0) is 16.6. The molecule has 3 rings (SSSR count). The van der Waals surface area contributed by atoms with Gasteiger partial charge in [-0.05, 0) is 48.7 Å². The molecule has 2 atom stereocenters. The minimum atomic E-state index is -0.372. The van der Waals surface area contributed by atoms with Crippen LogP contribution in [0.2, 0.25) is 5.02 Å². The van der Waals surface area contributed by atoms with E-state index in [0.717, 1.165) is 22.4 Å². The van der Waals surface area contributed by atoms with Gasteiger partial charge in [0.05, 0.1) is 11.1 Å². The summed E-state index contributed by atoms with van der Waals surface area (Å²) < 4.78 is 14.0. The van der Waals surface area contributed by atoms with Crippen LogP contribution < -0.4 is 5.32 Å². The summed E-state index contributed by atoms with van der Waals surface area (Å²) in [6.07, 6.45) is 2.19. The highest BCUT2D eigenvalue weighted by molar-refractivity contribution is 6.32. The lowest BCUT2D eigenvalue weighted by Gasteiger charge is -2.29. The van der Waals surface area contributed by atoms with Crippen LogP contribution in [-0.2, 0) is 6.42 Å². The summed E-state index contributed by atoms with van der Waals surface area (Å²) in [6.45, 7) is 3.81. The number of allylic oxidation sites excluding steroid dienone is 1. The Morgan fingerprint density at radius 1 is 1.35 bits per heavy atom. The SMILES string of the molecule is C/C(=C\c1ccc2c(c1)N[C@H](C)[C@H](O)C2)c1c(F)cccc1Cl. The molecule has 0 saturated carbocycles. The van der Waals surface area contributed by atoms with E-state index in [2.05, 4.69) is 5.32 Å². The maximum absolute atomic E-state index is 14.0.